The molecule has 0 aromatic heterocycles. The normalized spacial score (nSPS) is 18.5. The van der Waals surface area contributed by atoms with Crippen LogP contribution in [0.3, 0.4) is 0 Å². The molecular formula is C13H9N5O5S. The molecule has 1 heterocycles. The van der Waals surface area contributed by atoms with E-state index in [2.05, 4.69) is 15.5 Å². The molecule has 10 nitrogen and oxygen atoms in total. The number of carboxylic acids is 1. The van der Waals surface area contributed by atoms with Crippen molar-refractivity contribution in [2.45, 2.75) is 11.7 Å². The number of para-hydroxylation sites is 1. The molecule has 1 aromatic rings. The van der Waals surface area contributed by atoms with Gasteiger partial charge in [-0.2, -0.15) is 10.4 Å². The van der Waals surface area contributed by atoms with E-state index in [0.717, 1.165) is 18.0 Å². The van der Waals surface area contributed by atoms with Gasteiger partial charge in [0.1, 0.15) is 16.9 Å². The Morgan fingerprint density at radius 2 is 2.33 bits per heavy atom. The van der Waals surface area contributed by atoms with Crippen LogP contribution in [0, 0.1) is 21.4 Å². The molecule has 0 saturated carbocycles. The maximum absolute atomic E-state index is 11.5. The van der Waals surface area contributed by atoms with Crippen LogP contribution in [-0.2, 0) is 9.59 Å². The summed E-state index contributed by atoms with van der Waals surface area (Å²) in [6.45, 7) is 0. The van der Waals surface area contributed by atoms with E-state index >= 15 is 0 Å². The predicted octanol–water partition coefficient (Wildman–Crippen LogP) is 0.863. The van der Waals surface area contributed by atoms with Gasteiger partial charge in [-0.05, 0) is 12.1 Å². The molecule has 1 atom stereocenters. The highest BCUT2D eigenvalue weighted by Gasteiger charge is 2.32. The smallest absolute Gasteiger partial charge is 0.305 e. The Bertz CT molecular complexity index is 813. The van der Waals surface area contributed by atoms with Crippen LogP contribution in [0.15, 0.2) is 28.4 Å². The summed E-state index contributed by atoms with van der Waals surface area (Å²) in [7, 11) is 0. The average Bonchev–Trinajstić information content (AvgIpc) is 2.85. The number of rotatable bonds is 5. The van der Waals surface area contributed by atoms with Crippen molar-refractivity contribution < 1.29 is 19.6 Å². The van der Waals surface area contributed by atoms with Crippen molar-refractivity contribution in [3.63, 3.8) is 0 Å². The summed E-state index contributed by atoms with van der Waals surface area (Å²) in [6.07, 6.45) is 0.734. The summed E-state index contributed by atoms with van der Waals surface area (Å²) in [5.41, 5.74) is -0.419. The number of aliphatic carboxylic acids is 1. The molecule has 0 bridgehead atoms. The number of nitro benzene ring substituents is 1. The lowest BCUT2D eigenvalue weighted by molar-refractivity contribution is -0.385. The Morgan fingerprint density at radius 3 is 2.96 bits per heavy atom. The number of carbonyl (C=O) groups is 2. The van der Waals surface area contributed by atoms with Crippen LogP contribution < -0.4 is 5.32 Å². The zero-order chi connectivity index (χ0) is 17.7. The molecule has 122 valence electrons. The lowest BCUT2D eigenvalue weighted by Gasteiger charge is -1.98. The van der Waals surface area contributed by atoms with Crippen LogP contribution >= 0.6 is 11.8 Å². The zero-order valence-corrected chi connectivity index (χ0v) is 12.7. The van der Waals surface area contributed by atoms with Crippen LogP contribution in [0.25, 0.3) is 0 Å². The summed E-state index contributed by atoms with van der Waals surface area (Å²) < 4.78 is 0. The number of hydrogen-bond donors (Lipinski definition) is 2. The minimum atomic E-state index is -1.11. The summed E-state index contributed by atoms with van der Waals surface area (Å²) in [5, 5.41) is 37.6. The van der Waals surface area contributed by atoms with Gasteiger partial charge in [0.25, 0.3) is 5.69 Å². The molecule has 2 rings (SSSR count). The number of benzene rings is 1. The molecule has 0 spiro atoms. The number of nitrogens with zero attached hydrogens (tertiary/aromatic N) is 4. The van der Waals surface area contributed by atoms with Gasteiger partial charge in [-0.15, -0.1) is 5.10 Å². The third-order valence-corrected chi connectivity index (χ3v) is 3.92. The Balaban J connectivity index is 2.18. The van der Waals surface area contributed by atoms with Gasteiger partial charge in [0.15, 0.2) is 5.17 Å². The van der Waals surface area contributed by atoms with E-state index in [1.807, 2.05) is 0 Å². The van der Waals surface area contributed by atoms with Crippen LogP contribution in [-0.4, -0.2) is 38.5 Å². The molecule has 0 radical (unpaired) electrons. The quantitative estimate of drug-likeness (QED) is 0.454. The third kappa shape index (κ3) is 3.93. The maximum Gasteiger partial charge on any atom is 0.305 e. The highest BCUT2D eigenvalue weighted by atomic mass is 32.2. The molecular weight excluding hydrogens is 338 g/mol. The van der Waals surface area contributed by atoms with Crippen molar-refractivity contribution in [3.8, 4) is 6.07 Å². The number of nitrogens with one attached hydrogen (secondary N) is 1. The molecule has 1 unspecified atom stereocenters. The SMILES string of the molecule is N#Cc1cccc(C=NN=C2NC(=O)C(CC(=O)O)S2)c1[N+](=O)[O-]. The fourth-order valence-electron chi connectivity index (χ4n) is 1.85. The molecule has 1 saturated heterocycles. The van der Waals surface area contributed by atoms with E-state index in [0.29, 0.717) is 0 Å². The molecule has 2 N–H and O–H groups in total. The first-order chi connectivity index (χ1) is 11.4. The number of carbonyl (C=O) groups excluding carboxylic acids is 1. The fourth-order valence-corrected chi connectivity index (χ4v) is 2.76. The summed E-state index contributed by atoms with van der Waals surface area (Å²) in [4.78, 5) is 32.5. The Morgan fingerprint density at radius 1 is 1.58 bits per heavy atom. The minimum absolute atomic E-state index is 0.0832. The van der Waals surface area contributed by atoms with E-state index in [-0.39, 0.29) is 22.7 Å². The number of thioether (sulfide) groups is 1. The first-order valence-corrected chi connectivity index (χ1v) is 7.28. The lowest BCUT2D eigenvalue weighted by atomic mass is 10.1. The largest absolute Gasteiger partial charge is 0.481 e. The van der Waals surface area contributed by atoms with Crippen molar-refractivity contribution in [2.24, 2.45) is 10.2 Å². The number of amides is 1. The van der Waals surface area contributed by atoms with Crippen molar-refractivity contribution in [1.29, 1.82) is 5.26 Å². The maximum atomic E-state index is 11.5. The number of nitriles is 1. The number of hydrogen-bond acceptors (Lipinski definition) is 8. The summed E-state index contributed by atoms with van der Waals surface area (Å²) in [5.74, 6) is -1.61. The van der Waals surface area contributed by atoms with Crippen LogP contribution in [0.5, 0.6) is 0 Å². The Kier molecular flexibility index (Phi) is 5.23. The second-order valence-electron chi connectivity index (χ2n) is 4.46. The van der Waals surface area contributed by atoms with Gasteiger partial charge in [-0.3, -0.25) is 19.7 Å². The lowest BCUT2D eigenvalue weighted by Crippen LogP contribution is -2.26. The van der Waals surface area contributed by atoms with Gasteiger partial charge in [0, 0.05) is 0 Å². The molecule has 1 aromatic carbocycles. The predicted molar refractivity (Wildman–Crippen MR) is 84.6 cm³/mol. The molecule has 0 aliphatic carbocycles. The molecule has 24 heavy (non-hydrogen) atoms. The second-order valence-corrected chi connectivity index (χ2v) is 5.65. The Labute approximate surface area is 139 Å². The minimum Gasteiger partial charge on any atom is -0.481 e. The van der Waals surface area contributed by atoms with Crippen LogP contribution in [0.4, 0.5) is 5.69 Å². The third-order valence-electron chi connectivity index (χ3n) is 2.85. The summed E-state index contributed by atoms with van der Waals surface area (Å²) >= 11 is 0.909. The van der Waals surface area contributed by atoms with Crippen molar-refractivity contribution in [1.82, 2.24) is 5.32 Å². The molecule has 11 heteroatoms. The van der Waals surface area contributed by atoms with Gasteiger partial charge < -0.3 is 10.4 Å². The van der Waals surface area contributed by atoms with Gasteiger partial charge in [0.2, 0.25) is 5.91 Å². The van der Waals surface area contributed by atoms with Crippen LogP contribution in [0.1, 0.15) is 17.5 Å². The van der Waals surface area contributed by atoms with E-state index in [1.54, 1.807) is 6.07 Å². The monoisotopic (exact) mass is 347 g/mol. The van der Waals surface area contributed by atoms with Crippen molar-refractivity contribution in [2.75, 3.05) is 0 Å². The molecule has 1 aliphatic heterocycles. The van der Waals surface area contributed by atoms with Gasteiger partial charge in [0.05, 0.1) is 23.1 Å². The second kappa shape index (κ2) is 7.34. The van der Waals surface area contributed by atoms with Gasteiger partial charge in [-0.1, -0.05) is 17.8 Å². The first-order valence-electron chi connectivity index (χ1n) is 6.40. The summed E-state index contributed by atoms with van der Waals surface area (Å²) in [6, 6.07) is 5.90. The fraction of sp³-hybridized carbons (Fsp3) is 0.154. The molecule has 1 fully saturated rings. The van der Waals surface area contributed by atoms with Gasteiger partial charge >= 0.3 is 5.97 Å². The van der Waals surface area contributed by atoms with E-state index in [1.165, 1.54) is 18.2 Å². The molecule has 1 amide bonds. The zero-order valence-electron chi connectivity index (χ0n) is 11.9. The van der Waals surface area contributed by atoms with E-state index < -0.39 is 27.7 Å². The van der Waals surface area contributed by atoms with Crippen molar-refractivity contribution >= 4 is 40.7 Å². The highest BCUT2D eigenvalue weighted by molar-refractivity contribution is 8.15. The number of amidine groups is 1. The standard InChI is InChI=1S/C13H9N5O5S/c14-5-7-2-1-3-8(11(7)18(22)23)6-15-17-13-16-12(21)9(24-13)4-10(19)20/h1-3,6,9H,4H2,(H,19,20)(H,16,17,21). The highest BCUT2D eigenvalue weighted by Crippen LogP contribution is 2.23. The van der Waals surface area contributed by atoms with Crippen molar-refractivity contribution in [3.05, 3.63) is 39.4 Å². The average molecular weight is 347 g/mol. The van der Waals surface area contributed by atoms with Crippen LogP contribution in [0.2, 0.25) is 0 Å². The Hall–Kier alpha value is -3.26. The van der Waals surface area contributed by atoms with E-state index in [9.17, 15) is 19.7 Å². The number of nitro groups is 1. The van der Waals surface area contributed by atoms with Gasteiger partial charge in [-0.25, -0.2) is 0 Å². The molecule has 1 aliphatic rings. The van der Waals surface area contributed by atoms with E-state index in [4.69, 9.17) is 10.4 Å². The number of carboxylic acid groups (broad SMARTS) is 1. The first kappa shape index (κ1) is 17.1. The topological polar surface area (TPSA) is 158 Å².